The highest BCUT2D eigenvalue weighted by molar-refractivity contribution is 5.36. The van der Waals surface area contributed by atoms with Gasteiger partial charge in [-0.15, -0.1) is 0 Å². The van der Waals surface area contributed by atoms with Gasteiger partial charge in [-0.25, -0.2) is 9.82 Å². The largest absolute Gasteiger partial charge is 0.493 e. The lowest BCUT2D eigenvalue weighted by atomic mass is 10.0. The molecule has 0 saturated heterocycles. The molecule has 0 aliphatic rings. The number of ether oxygens (including phenoxy) is 1. The van der Waals surface area contributed by atoms with Gasteiger partial charge in [0, 0.05) is 12.6 Å². The first-order valence-electron chi connectivity index (χ1n) is 5.45. The van der Waals surface area contributed by atoms with E-state index in [-0.39, 0.29) is 5.82 Å². The Hall–Kier alpha value is -1.92. The number of aryl methyl sites for hydroxylation is 1. The third-order valence-corrected chi connectivity index (χ3v) is 2.83. The number of nitrogens with zero attached hydrogens (tertiary/aromatic N) is 2. The van der Waals surface area contributed by atoms with Crippen molar-refractivity contribution in [2.24, 2.45) is 12.9 Å². The molecule has 0 aliphatic heterocycles. The van der Waals surface area contributed by atoms with Crippen LogP contribution in [-0.2, 0) is 7.05 Å². The molecule has 5 nitrogen and oxygen atoms in total. The Morgan fingerprint density at radius 3 is 2.78 bits per heavy atom. The molecule has 1 aromatic heterocycles. The van der Waals surface area contributed by atoms with E-state index in [1.807, 2.05) is 0 Å². The molecule has 1 aromatic carbocycles. The van der Waals surface area contributed by atoms with Gasteiger partial charge >= 0.3 is 0 Å². The first-order valence-corrected chi connectivity index (χ1v) is 5.45. The molecule has 2 aromatic rings. The lowest BCUT2D eigenvalue weighted by Crippen LogP contribution is -2.31. The topological polar surface area (TPSA) is 65.1 Å². The maximum absolute atomic E-state index is 13.8. The van der Waals surface area contributed by atoms with Crippen LogP contribution in [0, 0.1) is 5.82 Å². The lowest BCUT2D eigenvalue weighted by molar-refractivity contribution is 0.400. The molecule has 0 amide bonds. The van der Waals surface area contributed by atoms with Crippen molar-refractivity contribution < 1.29 is 9.13 Å². The van der Waals surface area contributed by atoms with Gasteiger partial charge in [0.05, 0.1) is 19.3 Å². The molecule has 1 unspecified atom stereocenters. The van der Waals surface area contributed by atoms with Gasteiger partial charge in [0.25, 0.3) is 0 Å². The van der Waals surface area contributed by atoms with E-state index >= 15 is 0 Å². The Kier molecular flexibility index (Phi) is 3.59. The van der Waals surface area contributed by atoms with Crippen molar-refractivity contribution in [2.45, 2.75) is 6.04 Å². The Labute approximate surface area is 104 Å². The van der Waals surface area contributed by atoms with Crippen LogP contribution in [0.15, 0.2) is 30.5 Å². The van der Waals surface area contributed by atoms with E-state index in [2.05, 4.69) is 10.5 Å². The minimum Gasteiger partial charge on any atom is -0.493 e. The van der Waals surface area contributed by atoms with Crippen molar-refractivity contribution in [3.63, 3.8) is 0 Å². The number of halogens is 1. The van der Waals surface area contributed by atoms with Gasteiger partial charge in [0.1, 0.15) is 11.5 Å². The highest BCUT2D eigenvalue weighted by atomic mass is 19.1. The van der Waals surface area contributed by atoms with Crippen LogP contribution >= 0.6 is 0 Å². The summed E-state index contributed by atoms with van der Waals surface area (Å²) in [7, 11) is 3.29. The smallest absolute Gasteiger partial charge is 0.161 e. The first-order chi connectivity index (χ1) is 8.69. The summed E-state index contributed by atoms with van der Waals surface area (Å²) >= 11 is 0. The molecule has 2 rings (SSSR count). The van der Waals surface area contributed by atoms with Crippen molar-refractivity contribution in [3.05, 3.63) is 47.5 Å². The fourth-order valence-electron chi connectivity index (χ4n) is 1.94. The normalized spacial score (nSPS) is 12.4. The number of rotatable bonds is 4. The number of hydrogen-bond donors (Lipinski definition) is 2. The summed E-state index contributed by atoms with van der Waals surface area (Å²) in [5.41, 5.74) is 3.71. The molecule has 6 heteroatoms. The van der Waals surface area contributed by atoms with E-state index in [0.717, 1.165) is 0 Å². The van der Waals surface area contributed by atoms with E-state index in [0.29, 0.717) is 17.0 Å². The molecule has 0 radical (unpaired) electrons. The fraction of sp³-hybridized carbons (Fsp3) is 0.250. The average Bonchev–Trinajstić information content (AvgIpc) is 2.74. The summed E-state index contributed by atoms with van der Waals surface area (Å²) in [6.45, 7) is 0. The monoisotopic (exact) mass is 250 g/mol. The van der Waals surface area contributed by atoms with E-state index in [4.69, 9.17) is 10.6 Å². The van der Waals surface area contributed by atoms with Gasteiger partial charge in [0.2, 0.25) is 0 Å². The molecule has 0 fully saturated rings. The Bertz CT molecular complexity index is 541. The van der Waals surface area contributed by atoms with Crippen molar-refractivity contribution in [1.29, 1.82) is 0 Å². The second-order valence-electron chi connectivity index (χ2n) is 3.84. The maximum atomic E-state index is 13.8. The Balaban J connectivity index is 2.52. The fourth-order valence-corrected chi connectivity index (χ4v) is 1.94. The number of aromatic nitrogens is 2. The molecular formula is C12H15FN4O. The number of hydrogen-bond acceptors (Lipinski definition) is 4. The van der Waals surface area contributed by atoms with Crippen LogP contribution in [0.3, 0.4) is 0 Å². The van der Waals surface area contributed by atoms with E-state index in [1.165, 1.54) is 13.2 Å². The van der Waals surface area contributed by atoms with Crippen LogP contribution in [0.25, 0.3) is 0 Å². The summed E-state index contributed by atoms with van der Waals surface area (Å²) in [6.07, 6.45) is 1.57. The zero-order valence-corrected chi connectivity index (χ0v) is 10.2. The van der Waals surface area contributed by atoms with E-state index < -0.39 is 6.04 Å². The van der Waals surface area contributed by atoms with Crippen molar-refractivity contribution >= 4 is 0 Å². The molecule has 0 spiro atoms. The minimum atomic E-state index is -0.520. The SMILES string of the molecule is COc1cnn(C)c1C(NN)c1ccccc1F. The first kappa shape index (κ1) is 12.5. The summed E-state index contributed by atoms with van der Waals surface area (Å²) < 4.78 is 20.6. The molecule has 1 atom stereocenters. The number of nitrogens with one attached hydrogen (secondary N) is 1. The van der Waals surface area contributed by atoms with Gasteiger partial charge in [-0.3, -0.25) is 10.5 Å². The quantitative estimate of drug-likeness (QED) is 0.630. The van der Waals surface area contributed by atoms with Crippen LogP contribution in [0.4, 0.5) is 4.39 Å². The van der Waals surface area contributed by atoms with Crippen LogP contribution in [0.1, 0.15) is 17.3 Å². The van der Waals surface area contributed by atoms with Crippen LogP contribution in [-0.4, -0.2) is 16.9 Å². The predicted molar refractivity (Wildman–Crippen MR) is 65.3 cm³/mol. The number of hydrazine groups is 1. The maximum Gasteiger partial charge on any atom is 0.161 e. The summed E-state index contributed by atoms with van der Waals surface area (Å²) in [5, 5.41) is 4.09. The summed E-state index contributed by atoms with van der Waals surface area (Å²) in [6, 6.07) is 5.93. The zero-order chi connectivity index (χ0) is 13.1. The third-order valence-electron chi connectivity index (χ3n) is 2.83. The highest BCUT2D eigenvalue weighted by Gasteiger charge is 2.23. The second kappa shape index (κ2) is 5.16. The van der Waals surface area contributed by atoms with Crippen LogP contribution in [0.5, 0.6) is 5.75 Å². The van der Waals surface area contributed by atoms with Crippen molar-refractivity contribution in [3.8, 4) is 5.75 Å². The van der Waals surface area contributed by atoms with Crippen molar-refractivity contribution in [2.75, 3.05) is 7.11 Å². The number of benzene rings is 1. The molecule has 0 saturated carbocycles. The van der Waals surface area contributed by atoms with Crippen LogP contribution in [0.2, 0.25) is 0 Å². The number of nitrogens with two attached hydrogens (primary N) is 1. The summed E-state index contributed by atoms with van der Waals surface area (Å²) in [5.74, 6) is 5.77. The molecular weight excluding hydrogens is 235 g/mol. The molecule has 0 bridgehead atoms. The lowest BCUT2D eigenvalue weighted by Gasteiger charge is -2.18. The molecule has 96 valence electrons. The standard InChI is InChI=1S/C12H15FN4O/c1-17-12(10(18-2)7-15-17)11(16-14)8-5-3-4-6-9(8)13/h3-7,11,16H,14H2,1-2H3. The minimum absolute atomic E-state index is 0.330. The molecule has 1 heterocycles. The van der Waals surface area contributed by atoms with E-state index in [9.17, 15) is 4.39 Å². The van der Waals surface area contributed by atoms with Gasteiger partial charge in [-0.2, -0.15) is 5.10 Å². The van der Waals surface area contributed by atoms with Gasteiger partial charge < -0.3 is 4.74 Å². The third kappa shape index (κ3) is 2.07. The van der Waals surface area contributed by atoms with E-state index in [1.54, 1.807) is 36.1 Å². The summed E-state index contributed by atoms with van der Waals surface area (Å²) in [4.78, 5) is 0. The van der Waals surface area contributed by atoms with Crippen LogP contribution < -0.4 is 16.0 Å². The molecule has 0 aliphatic carbocycles. The molecule has 3 N–H and O–H groups in total. The van der Waals surface area contributed by atoms with Gasteiger partial charge in [-0.1, -0.05) is 18.2 Å². The number of methoxy groups -OCH3 is 1. The molecule has 18 heavy (non-hydrogen) atoms. The highest BCUT2D eigenvalue weighted by Crippen LogP contribution is 2.29. The average molecular weight is 250 g/mol. The zero-order valence-electron chi connectivity index (χ0n) is 10.2. The second-order valence-corrected chi connectivity index (χ2v) is 3.84. The van der Waals surface area contributed by atoms with Crippen molar-refractivity contribution in [1.82, 2.24) is 15.2 Å². The van der Waals surface area contributed by atoms with Gasteiger partial charge in [0.15, 0.2) is 5.75 Å². The van der Waals surface area contributed by atoms with Gasteiger partial charge in [-0.05, 0) is 6.07 Å². The Morgan fingerprint density at radius 1 is 1.44 bits per heavy atom. The predicted octanol–water partition coefficient (Wildman–Crippen LogP) is 1.12. The Morgan fingerprint density at radius 2 is 2.17 bits per heavy atom.